The molecule has 1 aromatic carbocycles. The number of rotatable bonds is 4. The van der Waals surface area contributed by atoms with Crippen LogP contribution in [0.4, 0.5) is 5.95 Å². The largest absolute Gasteiger partial charge is 0.354 e. The summed E-state index contributed by atoms with van der Waals surface area (Å²) in [5, 5.41) is 7.16. The molecule has 1 aliphatic heterocycles. The Labute approximate surface area is 143 Å². The average molecular weight is 345 g/mol. The molecular weight excluding hydrogens is 328 g/mol. The van der Waals surface area contributed by atoms with E-state index in [0.717, 1.165) is 26.1 Å². The Kier molecular flexibility index (Phi) is 3.95. The molecule has 8 heteroatoms. The molecule has 0 radical (unpaired) electrons. The van der Waals surface area contributed by atoms with Crippen LogP contribution in [0, 0.1) is 5.92 Å². The molecule has 1 fully saturated rings. The van der Waals surface area contributed by atoms with E-state index in [1.165, 1.54) is 4.57 Å². The number of anilines is 1. The van der Waals surface area contributed by atoms with Crippen molar-refractivity contribution in [3.05, 3.63) is 46.0 Å². The first-order valence-electron chi connectivity index (χ1n) is 7.89. The molecular formula is C16H17ClN6O. The third-order valence-corrected chi connectivity index (χ3v) is 4.44. The van der Waals surface area contributed by atoms with Gasteiger partial charge in [0, 0.05) is 11.6 Å². The molecule has 24 heavy (non-hydrogen) atoms. The SMILES string of the molecule is O=c1[nH]c2cnc(NCC3CCNC3)nc2n1-c1cccc(Cl)c1. The maximum Gasteiger partial charge on any atom is 0.332 e. The third kappa shape index (κ3) is 2.88. The monoisotopic (exact) mass is 344 g/mol. The minimum Gasteiger partial charge on any atom is -0.354 e. The van der Waals surface area contributed by atoms with E-state index in [-0.39, 0.29) is 5.69 Å². The number of imidazole rings is 1. The third-order valence-electron chi connectivity index (χ3n) is 4.20. The minimum atomic E-state index is -0.265. The lowest BCUT2D eigenvalue weighted by atomic mass is 10.1. The average Bonchev–Trinajstić information content (AvgIpc) is 3.19. The molecule has 0 spiro atoms. The molecule has 1 unspecified atom stereocenters. The summed E-state index contributed by atoms with van der Waals surface area (Å²) in [6.45, 7) is 2.87. The fourth-order valence-corrected chi connectivity index (χ4v) is 3.15. The van der Waals surface area contributed by atoms with E-state index < -0.39 is 0 Å². The number of halogens is 1. The molecule has 0 bridgehead atoms. The van der Waals surface area contributed by atoms with E-state index in [9.17, 15) is 4.79 Å². The van der Waals surface area contributed by atoms with Crippen molar-refractivity contribution in [2.75, 3.05) is 25.0 Å². The van der Waals surface area contributed by atoms with Crippen LogP contribution in [0.25, 0.3) is 16.9 Å². The summed E-state index contributed by atoms with van der Waals surface area (Å²) in [6, 6.07) is 7.12. The van der Waals surface area contributed by atoms with Gasteiger partial charge in [-0.1, -0.05) is 17.7 Å². The number of nitrogens with zero attached hydrogens (tertiary/aromatic N) is 3. The number of aromatic amines is 1. The van der Waals surface area contributed by atoms with Crippen molar-refractivity contribution < 1.29 is 0 Å². The summed E-state index contributed by atoms with van der Waals surface area (Å²) >= 11 is 6.04. The van der Waals surface area contributed by atoms with Gasteiger partial charge in [0.25, 0.3) is 0 Å². The molecule has 3 aromatic rings. The van der Waals surface area contributed by atoms with Gasteiger partial charge >= 0.3 is 5.69 Å². The van der Waals surface area contributed by atoms with Crippen molar-refractivity contribution >= 4 is 28.7 Å². The van der Waals surface area contributed by atoms with Crippen LogP contribution >= 0.6 is 11.6 Å². The fourth-order valence-electron chi connectivity index (χ4n) is 2.96. The number of benzene rings is 1. The number of nitrogens with one attached hydrogen (secondary N) is 3. The number of hydrogen-bond acceptors (Lipinski definition) is 5. The first-order valence-corrected chi connectivity index (χ1v) is 8.27. The molecule has 0 aliphatic carbocycles. The topological polar surface area (TPSA) is 87.6 Å². The highest BCUT2D eigenvalue weighted by Crippen LogP contribution is 2.18. The molecule has 2 aromatic heterocycles. The van der Waals surface area contributed by atoms with Crippen molar-refractivity contribution in [2.24, 2.45) is 5.92 Å². The summed E-state index contributed by atoms with van der Waals surface area (Å²) in [4.78, 5) is 23.9. The van der Waals surface area contributed by atoms with Gasteiger partial charge in [0.15, 0.2) is 5.65 Å². The summed E-state index contributed by atoms with van der Waals surface area (Å²) in [5.41, 5.74) is 1.53. The zero-order chi connectivity index (χ0) is 16.5. The van der Waals surface area contributed by atoms with Gasteiger partial charge in [0.05, 0.1) is 11.9 Å². The van der Waals surface area contributed by atoms with Crippen LogP contribution in [-0.2, 0) is 0 Å². The zero-order valence-corrected chi connectivity index (χ0v) is 13.7. The number of fused-ring (bicyclic) bond motifs is 1. The number of hydrogen-bond donors (Lipinski definition) is 3. The predicted octanol–water partition coefficient (Wildman–Crippen LogP) is 1.78. The fraction of sp³-hybridized carbons (Fsp3) is 0.312. The highest BCUT2D eigenvalue weighted by Gasteiger charge is 2.16. The molecule has 3 N–H and O–H groups in total. The van der Waals surface area contributed by atoms with Gasteiger partial charge < -0.3 is 15.6 Å². The smallest absolute Gasteiger partial charge is 0.332 e. The van der Waals surface area contributed by atoms with Crippen molar-refractivity contribution in [1.82, 2.24) is 24.8 Å². The van der Waals surface area contributed by atoms with Crippen molar-refractivity contribution in [3.8, 4) is 5.69 Å². The molecule has 7 nitrogen and oxygen atoms in total. The predicted molar refractivity (Wildman–Crippen MR) is 94.0 cm³/mol. The molecule has 0 amide bonds. The summed E-state index contributed by atoms with van der Waals surface area (Å²) in [5.74, 6) is 1.09. The van der Waals surface area contributed by atoms with E-state index in [1.54, 1.807) is 24.4 Å². The molecule has 4 rings (SSSR count). The van der Waals surface area contributed by atoms with Crippen LogP contribution in [0.5, 0.6) is 0 Å². The van der Waals surface area contributed by atoms with E-state index in [2.05, 4.69) is 25.6 Å². The lowest BCUT2D eigenvalue weighted by Gasteiger charge is -2.10. The molecule has 3 heterocycles. The maximum absolute atomic E-state index is 12.3. The Bertz CT molecular complexity index is 928. The van der Waals surface area contributed by atoms with E-state index in [1.807, 2.05) is 6.07 Å². The van der Waals surface area contributed by atoms with E-state index in [0.29, 0.717) is 33.7 Å². The normalized spacial score (nSPS) is 17.5. The van der Waals surface area contributed by atoms with E-state index >= 15 is 0 Å². The van der Waals surface area contributed by atoms with Crippen molar-refractivity contribution in [3.63, 3.8) is 0 Å². The standard InChI is InChI=1S/C16H17ClN6O/c17-11-2-1-3-12(6-11)23-14-13(21-16(23)24)9-20-15(22-14)19-8-10-4-5-18-7-10/h1-3,6,9-10,18H,4-5,7-8H2,(H,21,24)(H,19,20,22). The second-order valence-corrected chi connectivity index (χ2v) is 6.35. The van der Waals surface area contributed by atoms with Gasteiger partial charge in [0.2, 0.25) is 5.95 Å². The Hall–Kier alpha value is -2.38. The highest BCUT2D eigenvalue weighted by molar-refractivity contribution is 6.30. The lowest BCUT2D eigenvalue weighted by molar-refractivity contribution is 0.613. The summed E-state index contributed by atoms with van der Waals surface area (Å²) in [6.07, 6.45) is 2.77. The molecule has 124 valence electrons. The van der Waals surface area contributed by atoms with Crippen LogP contribution in [0.3, 0.4) is 0 Å². The second kappa shape index (κ2) is 6.26. The van der Waals surface area contributed by atoms with Crippen molar-refractivity contribution in [1.29, 1.82) is 0 Å². The molecule has 1 aliphatic rings. The first-order chi connectivity index (χ1) is 11.7. The number of H-pyrrole nitrogens is 1. The van der Waals surface area contributed by atoms with Crippen LogP contribution in [0.2, 0.25) is 5.02 Å². The Balaban J connectivity index is 1.70. The summed E-state index contributed by atoms with van der Waals surface area (Å²) in [7, 11) is 0. The highest BCUT2D eigenvalue weighted by atomic mass is 35.5. The van der Waals surface area contributed by atoms with Gasteiger partial charge in [-0.15, -0.1) is 0 Å². The molecule has 1 saturated heterocycles. The van der Waals surface area contributed by atoms with Gasteiger partial charge in [-0.3, -0.25) is 0 Å². The molecule has 1 atom stereocenters. The van der Waals surface area contributed by atoms with Gasteiger partial charge in [-0.05, 0) is 43.6 Å². The van der Waals surface area contributed by atoms with Crippen LogP contribution < -0.4 is 16.3 Å². The minimum absolute atomic E-state index is 0.265. The Morgan fingerprint density at radius 3 is 3.12 bits per heavy atom. The lowest BCUT2D eigenvalue weighted by Crippen LogP contribution is -2.18. The van der Waals surface area contributed by atoms with Gasteiger partial charge in [-0.25, -0.2) is 14.3 Å². The summed E-state index contributed by atoms with van der Waals surface area (Å²) < 4.78 is 1.51. The van der Waals surface area contributed by atoms with Gasteiger partial charge in [0.1, 0.15) is 5.52 Å². The quantitative estimate of drug-likeness (QED) is 0.671. The van der Waals surface area contributed by atoms with E-state index in [4.69, 9.17) is 11.6 Å². The maximum atomic E-state index is 12.3. The first kappa shape index (κ1) is 15.2. The van der Waals surface area contributed by atoms with Crippen LogP contribution in [0.1, 0.15) is 6.42 Å². The zero-order valence-electron chi connectivity index (χ0n) is 12.9. The van der Waals surface area contributed by atoms with Gasteiger partial charge in [-0.2, -0.15) is 4.98 Å². The Morgan fingerprint density at radius 1 is 1.42 bits per heavy atom. The van der Waals surface area contributed by atoms with Crippen LogP contribution in [0.15, 0.2) is 35.3 Å². The Morgan fingerprint density at radius 2 is 2.33 bits per heavy atom. The molecule has 0 saturated carbocycles. The van der Waals surface area contributed by atoms with Crippen molar-refractivity contribution in [2.45, 2.75) is 6.42 Å². The number of aromatic nitrogens is 4. The van der Waals surface area contributed by atoms with Crippen LogP contribution in [-0.4, -0.2) is 39.2 Å². The second-order valence-electron chi connectivity index (χ2n) is 5.92.